The Kier molecular flexibility index (Phi) is 10.7. The first-order valence-electron chi connectivity index (χ1n) is 9.47. The topological polar surface area (TPSA) is 155 Å². The molecule has 29 heavy (non-hydrogen) atoms. The summed E-state index contributed by atoms with van der Waals surface area (Å²) in [5.41, 5.74) is 1.00. The van der Waals surface area contributed by atoms with Crippen molar-refractivity contribution in [3.63, 3.8) is 0 Å². The zero-order chi connectivity index (χ0) is 22.0. The van der Waals surface area contributed by atoms with Gasteiger partial charge in [-0.25, -0.2) is 9.37 Å². The number of halogens is 1. The quantitative estimate of drug-likeness (QED) is 0.301. The molecule has 2 rings (SSSR count). The van der Waals surface area contributed by atoms with Gasteiger partial charge in [0.25, 0.3) is 5.56 Å². The molecule has 0 aliphatic carbocycles. The Morgan fingerprint density at radius 3 is 2.34 bits per heavy atom. The van der Waals surface area contributed by atoms with Crippen LogP contribution in [0.4, 0.5) is 4.39 Å². The van der Waals surface area contributed by atoms with Crippen LogP contribution in [-0.4, -0.2) is 72.9 Å². The molecule has 2 aromatic heterocycles. The van der Waals surface area contributed by atoms with Crippen LogP contribution in [0.2, 0.25) is 0 Å². The third kappa shape index (κ3) is 7.96. The first-order valence-corrected chi connectivity index (χ1v) is 11.1. The smallest absolute Gasteiger partial charge is 0.359 e. The summed E-state index contributed by atoms with van der Waals surface area (Å²) in [6.07, 6.45) is 2.26. The first-order chi connectivity index (χ1) is 13.7. The van der Waals surface area contributed by atoms with Crippen molar-refractivity contribution < 1.29 is 23.8 Å². The molecular formula is C17H31FN5O5P. The molecular weight excluding hydrogens is 404 g/mol. The van der Waals surface area contributed by atoms with Gasteiger partial charge in [-0.2, -0.15) is 0 Å². The summed E-state index contributed by atoms with van der Waals surface area (Å²) in [4.78, 5) is 40.5. The van der Waals surface area contributed by atoms with E-state index in [4.69, 9.17) is 14.9 Å². The summed E-state index contributed by atoms with van der Waals surface area (Å²) in [6, 6.07) is -0.838. The zero-order valence-corrected chi connectivity index (χ0v) is 17.8. The van der Waals surface area contributed by atoms with Gasteiger partial charge in [0.05, 0.1) is 18.5 Å². The van der Waals surface area contributed by atoms with E-state index < -0.39 is 32.6 Å². The predicted octanol–water partition coefficient (Wildman–Crippen LogP) is 0.913. The first kappa shape index (κ1) is 25.4. The summed E-state index contributed by atoms with van der Waals surface area (Å²) in [5.74, 6) is -2.35. The standard InChI is InChI=1S/C11H16FN4O5P.C6H15N/c12-8(22(19,20)21)1-7(4-17)13-2-6-3-14-10-9(6)15-5-16-11(10)18;1-4-7(5-2)6-3/h3,5,7-8,13-14,17H,1-2,4H2,(H,15,16,18)(H2,19,20,21);4-6H2,1-3H3/t7-,8?;/m0./s1. The third-order valence-corrected chi connectivity index (χ3v) is 5.48. The van der Waals surface area contributed by atoms with Crippen LogP contribution in [0.15, 0.2) is 17.3 Å². The highest BCUT2D eigenvalue weighted by Gasteiger charge is 2.31. The second-order valence-corrected chi connectivity index (χ2v) is 8.15. The molecule has 6 N–H and O–H groups in total. The second-order valence-electron chi connectivity index (χ2n) is 6.41. The fourth-order valence-electron chi connectivity index (χ4n) is 2.66. The van der Waals surface area contributed by atoms with E-state index in [1.807, 2.05) is 0 Å². The normalized spacial score (nSPS) is 13.9. The lowest BCUT2D eigenvalue weighted by atomic mass is 10.2. The minimum Gasteiger partial charge on any atom is -0.395 e. The molecule has 2 atom stereocenters. The Bertz CT molecular complexity index is 829. The molecule has 0 radical (unpaired) electrons. The molecule has 0 aliphatic rings. The number of nitrogens with zero attached hydrogens (tertiary/aromatic N) is 2. The Morgan fingerprint density at radius 1 is 1.24 bits per heavy atom. The van der Waals surface area contributed by atoms with Crippen molar-refractivity contribution in [2.75, 3.05) is 26.2 Å². The maximum absolute atomic E-state index is 13.3. The fraction of sp³-hybridized carbons (Fsp3) is 0.647. The average molecular weight is 435 g/mol. The number of aliphatic hydroxyl groups is 1. The van der Waals surface area contributed by atoms with Gasteiger partial charge in [-0.3, -0.25) is 9.36 Å². The minimum atomic E-state index is -4.83. The number of alkyl halides is 1. The van der Waals surface area contributed by atoms with Gasteiger partial charge in [-0.05, 0) is 19.6 Å². The predicted molar refractivity (Wildman–Crippen MR) is 109 cm³/mol. The van der Waals surface area contributed by atoms with Gasteiger partial charge in [-0.15, -0.1) is 0 Å². The summed E-state index contributed by atoms with van der Waals surface area (Å²) < 4.78 is 24.1. The molecule has 166 valence electrons. The number of nitrogens with one attached hydrogen (secondary N) is 3. The van der Waals surface area contributed by atoms with Crippen molar-refractivity contribution >= 4 is 18.6 Å². The largest absolute Gasteiger partial charge is 0.395 e. The van der Waals surface area contributed by atoms with Crippen LogP contribution < -0.4 is 10.9 Å². The molecule has 2 aromatic rings. The van der Waals surface area contributed by atoms with Gasteiger partial charge in [-0.1, -0.05) is 20.8 Å². The van der Waals surface area contributed by atoms with Crippen molar-refractivity contribution in [2.24, 2.45) is 0 Å². The Balaban J connectivity index is 0.000000516. The van der Waals surface area contributed by atoms with Crippen molar-refractivity contribution in [2.45, 2.75) is 45.7 Å². The minimum absolute atomic E-state index is 0.148. The van der Waals surface area contributed by atoms with Crippen LogP contribution >= 0.6 is 7.60 Å². The van der Waals surface area contributed by atoms with Crippen LogP contribution in [0.5, 0.6) is 0 Å². The van der Waals surface area contributed by atoms with Crippen molar-refractivity contribution in [3.8, 4) is 0 Å². The van der Waals surface area contributed by atoms with Gasteiger partial charge >= 0.3 is 7.60 Å². The molecule has 0 saturated carbocycles. The molecule has 12 heteroatoms. The molecule has 0 spiro atoms. The van der Waals surface area contributed by atoms with Crippen LogP contribution in [-0.2, 0) is 11.1 Å². The molecule has 0 fully saturated rings. The van der Waals surface area contributed by atoms with Crippen molar-refractivity contribution in [1.82, 2.24) is 25.2 Å². The Morgan fingerprint density at radius 2 is 1.86 bits per heavy atom. The molecule has 2 heterocycles. The van der Waals surface area contributed by atoms with E-state index >= 15 is 0 Å². The highest BCUT2D eigenvalue weighted by atomic mass is 31.2. The van der Waals surface area contributed by atoms with Crippen LogP contribution in [0.25, 0.3) is 11.0 Å². The molecule has 0 aliphatic heterocycles. The van der Waals surface area contributed by atoms with E-state index in [-0.39, 0.29) is 12.1 Å². The number of fused-ring (bicyclic) bond motifs is 1. The highest BCUT2D eigenvalue weighted by molar-refractivity contribution is 7.52. The van der Waals surface area contributed by atoms with Gasteiger partial charge in [0, 0.05) is 30.8 Å². The van der Waals surface area contributed by atoms with E-state index in [1.54, 1.807) is 6.20 Å². The summed E-state index contributed by atoms with van der Waals surface area (Å²) >= 11 is 0. The zero-order valence-electron chi connectivity index (χ0n) is 16.9. The van der Waals surface area contributed by atoms with E-state index in [9.17, 15) is 13.8 Å². The SMILES string of the molecule is CCN(CC)CC.O=c1[nH]cnc2c(CN[C@H](CO)CC(F)P(=O)(O)O)c[nH]c12. The maximum atomic E-state index is 13.3. The molecule has 0 aromatic carbocycles. The van der Waals surface area contributed by atoms with Gasteiger partial charge in [0.15, 0.2) is 0 Å². The van der Waals surface area contributed by atoms with Gasteiger partial charge in [0.2, 0.25) is 5.91 Å². The van der Waals surface area contributed by atoms with E-state index in [0.29, 0.717) is 16.6 Å². The molecule has 1 unspecified atom stereocenters. The van der Waals surface area contributed by atoms with Crippen molar-refractivity contribution in [3.05, 3.63) is 28.4 Å². The second kappa shape index (κ2) is 12.2. The third-order valence-electron chi connectivity index (χ3n) is 4.54. The number of aromatic nitrogens is 3. The number of rotatable bonds is 10. The lowest BCUT2D eigenvalue weighted by Gasteiger charge is -2.18. The monoisotopic (exact) mass is 435 g/mol. The number of aromatic amines is 2. The number of hydrogen-bond acceptors (Lipinski definition) is 6. The maximum Gasteiger partial charge on any atom is 0.359 e. The lowest BCUT2D eigenvalue weighted by molar-refractivity contribution is 0.206. The van der Waals surface area contributed by atoms with E-state index in [1.165, 1.54) is 26.0 Å². The summed E-state index contributed by atoms with van der Waals surface area (Å²) in [7, 11) is -4.83. The number of H-pyrrole nitrogens is 2. The molecule has 0 saturated heterocycles. The Labute approximate surface area is 168 Å². The van der Waals surface area contributed by atoms with Gasteiger partial charge in [0.1, 0.15) is 5.52 Å². The molecule has 0 bridgehead atoms. The average Bonchev–Trinajstić information content (AvgIpc) is 3.10. The number of hydrogen-bond donors (Lipinski definition) is 6. The Hall–Kier alpha value is -1.62. The lowest BCUT2D eigenvalue weighted by Crippen LogP contribution is -2.34. The molecule has 0 amide bonds. The van der Waals surface area contributed by atoms with Crippen LogP contribution in [0, 0.1) is 0 Å². The van der Waals surface area contributed by atoms with Crippen molar-refractivity contribution in [1.29, 1.82) is 0 Å². The van der Waals surface area contributed by atoms with Crippen LogP contribution in [0.1, 0.15) is 32.8 Å². The summed E-state index contributed by atoms with van der Waals surface area (Å²) in [6.45, 7) is 9.78. The van der Waals surface area contributed by atoms with Gasteiger partial charge < -0.3 is 35.1 Å². The number of aliphatic hydroxyl groups excluding tert-OH is 1. The molecule has 10 nitrogen and oxygen atoms in total. The van der Waals surface area contributed by atoms with E-state index in [2.05, 4.69) is 45.9 Å². The summed E-state index contributed by atoms with van der Waals surface area (Å²) in [5, 5.41) is 11.9. The van der Waals surface area contributed by atoms with Crippen LogP contribution in [0.3, 0.4) is 0 Å². The van der Waals surface area contributed by atoms with E-state index in [0.717, 1.165) is 0 Å². The fourth-order valence-corrected chi connectivity index (χ4v) is 3.19. The highest BCUT2D eigenvalue weighted by Crippen LogP contribution is 2.44.